The molecule has 106 valence electrons. The smallest absolute Gasteiger partial charge is 0.333 e. The minimum absolute atomic E-state index is 0.00996. The second-order valence-electron chi connectivity index (χ2n) is 4.31. The average Bonchev–Trinajstić information content (AvgIpc) is 2.39. The summed E-state index contributed by atoms with van der Waals surface area (Å²) in [4.78, 5) is 11.4. The number of aliphatic hydroxyl groups excluding tert-OH is 1. The highest BCUT2D eigenvalue weighted by Crippen LogP contribution is 2.11. The third kappa shape index (κ3) is 5.14. The van der Waals surface area contributed by atoms with Crippen molar-refractivity contribution < 1.29 is 14.6 Å². The third-order valence-corrected chi connectivity index (χ3v) is 2.98. The van der Waals surface area contributed by atoms with Crippen LogP contribution in [-0.2, 0) is 9.53 Å². The largest absolute Gasteiger partial charge is 0.459 e. The van der Waals surface area contributed by atoms with Gasteiger partial charge in [-0.1, -0.05) is 6.58 Å². The molecular weight excluding hydrogens is 234 g/mol. The molecule has 1 atom stereocenters. The molecule has 0 rings (SSSR count). The van der Waals surface area contributed by atoms with Gasteiger partial charge in [-0.3, -0.25) is 10.6 Å². The third-order valence-electron chi connectivity index (χ3n) is 2.98. The summed E-state index contributed by atoms with van der Waals surface area (Å²) in [6, 6.07) is -0.0894. The first kappa shape index (κ1) is 17.1. The first-order valence-electron chi connectivity index (χ1n) is 5.93. The van der Waals surface area contributed by atoms with Gasteiger partial charge < -0.3 is 15.2 Å². The number of carbonyl (C=O) groups excluding carboxylic acids is 1. The van der Waals surface area contributed by atoms with Gasteiger partial charge in [-0.2, -0.15) is 0 Å². The number of nitrogens with one attached hydrogen (secondary N) is 3. The van der Waals surface area contributed by atoms with Crippen LogP contribution in [0.1, 0.15) is 13.3 Å². The lowest BCUT2D eigenvalue weighted by Gasteiger charge is -2.35. The molecule has 0 amide bonds. The molecule has 0 aromatic rings. The molecule has 0 bridgehead atoms. The summed E-state index contributed by atoms with van der Waals surface area (Å²) >= 11 is 0. The van der Waals surface area contributed by atoms with Crippen molar-refractivity contribution in [3.05, 3.63) is 12.2 Å². The molecule has 0 saturated heterocycles. The summed E-state index contributed by atoms with van der Waals surface area (Å²) in [5.41, 5.74) is -0.218. The van der Waals surface area contributed by atoms with E-state index >= 15 is 0 Å². The van der Waals surface area contributed by atoms with Gasteiger partial charge in [0.05, 0.1) is 6.61 Å². The fourth-order valence-electron chi connectivity index (χ4n) is 1.52. The van der Waals surface area contributed by atoms with Crippen molar-refractivity contribution in [2.45, 2.75) is 25.0 Å². The van der Waals surface area contributed by atoms with E-state index in [9.17, 15) is 9.90 Å². The first-order chi connectivity index (χ1) is 8.44. The zero-order valence-corrected chi connectivity index (χ0v) is 11.7. The topological polar surface area (TPSA) is 82.6 Å². The van der Waals surface area contributed by atoms with Crippen LogP contribution < -0.4 is 16.0 Å². The quantitative estimate of drug-likeness (QED) is 0.247. The van der Waals surface area contributed by atoms with Crippen molar-refractivity contribution in [2.24, 2.45) is 0 Å². The summed E-state index contributed by atoms with van der Waals surface area (Å²) < 4.78 is 5.17. The maximum Gasteiger partial charge on any atom is 0.333 e. The van der Waals surface area contributed by atoms with E-state index in [1.807, 2.05) is 0 Å². The number of likely N-dealkylation sites (N-methyl/N-ethyl adjacent to an activating group) is 3. The highest BCUT2D eigenvalue weighted by molar-refractivity contribution is 5.86. The number of rotatable bonds is 9. The molecule has 0 aromatic carbocycles. The van der Waals surface area contributed by atoms with Crippen LogP contribution >= 0.6 is 0 Å². The van der Waals surface area contributed by atoms with E-state index in [2.05, 4.69) is 22.5 Å². The maximum absolute atomic E-state index is 11.4. The van der Waals surface area contributed by atoms with Crippen LogP contribution in [0.25, 0.3) is 0 Å². The van der Waals surface area contributed by atoms with E-state index in [0.717, 1.165) is 0 Å². The first-order valence-corrected chi connectivity index (χ1v) is 5.93. The Hall–Kier alpha value is -0.950. The number of esters is 1. The second kappa shape index (κ2) is 8.20. The van der Waals surface area contributed by atoms with E-state index < -0.39 is 11.6 Å². The fraction of sp³-hybridized carbons (Fsp3) is 0.750. The second-order valence-corrected chi connectivity index (χ2v) is 4.31. The monoisotopic (exact) mass is 259 g/mol. The van der Waals surface area contributed by atoms with Gasteiger partial charge in [0.25, 0.3) is 0 Å². The van der Waals surface area contributed by atoms with E-state index in [4.69, 9.17) is 4.74 Å². The van der Waals surface area contributed by atoms with Gasteiger partial charge >= 0.3 is 5.97 Å². The Balaban J connectivity index is 4.60. The summed E-state index contributed by atoms with van der Waals surface area (Å²) in [6.07, 6.45) is 0.566. The zero-order chi connectivity index (χ0) is 14.2. The van der Waals surface area contributed by atoms with Gasteiger partial charge in [0, 0.05) is 11.6 Å². The Morgan fingerprint density at radius 3 is 2.28 bits per heavy atom. The lowest BCUT2D eigenvalue weighted by molar-refractivity contribution is -0.141. The fourth-order valence-corrected chi connectivity index (χ4v) is 1.52. The maximum atomic E-state index is 11.4. The van der Waals surface area contributed by atoms with Crippen molar-refractivity contribution in [1.29, 1.82) is 0 Å². The van der Waals surface area contributed by atoms with Crippen molar-refractivity contribution in [3.8, 4) is 0 Å². The van der Waals surface area contributed by atoms with Crippen LogP contribution in [0, 0.1) is 0 Å². The van der Waals surface area contributed by atoms with Crippen molar-refractivity contribution in [2.75, 3.05) is 34.4 Å². The molecule has 4 N–H and O–H groups in total. The van der Waals surface area contributed by atoms with Crippen molar-refractivity contribution in [3.63, 3.8) is 0 Å². The van der Waals surface area contributed by atoms with Gasteiger partial charge in [0.15, 0.2) is 0 Å². The molecular formula is C12H25N3O3. The number of ether oxygens (including phenoxy) is 1. The summed E-state index contributed by atoms with van der Waals surface area (Å²) in [6.45, 7) is 5.30. The Labute approximate surface area is 109 Å². The number of hydrogen-bond donors (Lipinski definition) is 4. The molecule has 0 saturated carbocycles. The summed E-state index contributed by atoms with van der Waals surface area (Å²) in [5.74, 6) is -0.421. The van der Waals surface area contributed by atoms with E-state index in [-0.39, 0.29) is 19.3 Å². The average molecular weight is 259 g/mol. The van der Waals surface area contributed by atoms with Crippen LogP contribution in [0.15, 0.2) is 12.2 Å². The van der Waals surface area contributed by atoms with Crippen molar-refractivity contribution >= 4 is 5.97 Å². The van der Waals surface area contributed by atoms with Gasteiger partial charge in [-0.15, -0.1) is 0 Å². The number of hydrogen-bond acceptors (Lipinski definition) is 6. The molecule has 0 aliphatic rings. The molecule has 6 heteroatoms. The van der Waals surface area contributed by atoms with Gasteiger partial charge in [-0.05, 0) is 34.5 Å². The number of carbonyl (C=O) groups is 1. The molecule has 0 fully saturated rings. The van der Waals surface area contributed by atoms with Crippen LogP contribution in [0.4, 0.5) is 0 Å². The molecule has 6 nitrogen and oxygen atoms in total. The predicted molar refractivity (Wildman–Crippen MR) is 71.2 cm³/mol. The number of aliphatic hydroxyl groups is 1. The standard InChI is InChI=1S/C12H25N3O3/c1-9(2)11(17)18-8-12(14-4,15-5)6-10(7-16)13-3/h10,13-16H,1,6-8H2,2-5H3. The SMILES string of the molecule is C=C(C)C(=O)OCC(CC(CO)NC)(NC)NC. The van der Waals surface area contributed by atoms with Crippen LogP contribution in [0.5, 0.6) is 0 Å². The van der Waals surface area contributed by atoms with E-state index in [1.165, 1.54) is 0 Å². The predicted octanol–water partition coefficient (Wildman–Crippen LogP) is -0.789. The summed E-state index contributed by atoms with van der Waals surface area (Å²) in [5, 5.41) is 18.4. The Bertz CT molecular complexity index is 274. The van der Waals surface area contributed by atoms with Gasteiger partial charge in [-0.25, -0.2) is 4.79 Å². The van der Waals surface area contributed by atoms with Crippen molar-refractivity contribution in [1.82, 2.24) is 16.0 Å². The Kier molecular flexibility index (Phi) is 7.77. The highest BCUT2D eigenvalue weighted by Gasteiger charge is 2.31. The lowest BCUT2D eigenvalue weighted by Crippen LogP contribution is -2.60. The van der Waals surface area contributed by atoms with E-state index in [0.29, 0.717) is 12.0 Å². The Morgan fingerprint density at radius 2 is 1.94 bits per heavy atom. The van der Waals surface area contributed by atoms with Gasteiger partial charge in [0.2, 0.25) is 0 Å². The molecule has 0 spiro atoms. The lowest BCUT2D eigenvalue weighted by atomic mass is 10.0. The van der Waals surface area contributed by atoms with Gasteiger partial charge in [0.1, 0.15) is 12.3 Å². The normalized spacial score (nSPS) is 13.2. The molecule has 18 heavy (non-hydrogen) atoms. The molecule has 0 aliphatic heterocycles. The zero-order valence-electron chi connectivity index (χ0n) is 11.7. The van der Waals surface area contributed by atoms with Crippen LogP contribution in [0.3, 0.4) is 0 Å². The molecule has 0 radical (unpaired) electrons. The minimum Gasteiger partial charge on any atom is -0.459 e. The molecule has 0 aromatic heterocycles. The summed E-state index contributed by atoms with van der Waals surface area (Å²) in [7, 11) is 5.32. The Morgan fingerprint density at radius 1 is 1.39 bits per heavy atom. The molecule has 0 heterocycles. The minimum atomic E-state index is -0.582. The molecule has 1 unspecified atom stereocenters. The van der Waals surface area contributed by atoms with E-state index in [1.54, 1.807) is 28.1 Å². The van der Waals surface area contributed by atoms with Crippen LogP contribution in [-0.4, -0.2) is 57.1 Å². The van der Waals surface area contributed by atoms with Crippen LogP contribution in [0.2, 0.25) is 0 Å². The highest BCUT2D eigenvalue weighted by atomic mass is 16.5. The molecule has 0 aliphatic carbocycles.